The third kappa shape index (κ3) is 4.79. The molecule has 1 aliphatic carbocycles. The van der Waals surface area contributed by atoms with Gasteiger partial charge in [-0.05, 0) is 60.3 Å². The molecular formula is C41H24N4O8. The number of nitrogens with zero attached hydrogens (tertiary/aromatic N) is 4. The van der Waals surface area contributed by atoms with Gasteiger partial charge in [0, 0.05) is 52.0 Å². The molecule has 0 N–H and O–H groups in total. The zero-order valence-electron chi connectivity index (χ0n) is 27.6. The molecular weight excluding hydrogens is 676 g/mol. The van der Waals surface area contributed by atoms with Crippen molar-refractivity contribution in [2.24, 2.45) is 0 Å². The molecule has 4 heterocycles. The fourth-order valence-electron chi connectivity index (χ4n) is 7.33. The highest BCUT2D eigenvalue weighted by Crippen LogP contribution is 2.37. The maximum absolute atomic E-state index is 13.8. The summed E-state index contributed by atoms with van der Waals surface area (Å²) in [6.07, 6.45) is 2.94. The monoisotopic (exact) mass is 700 g/mol. The van der Waals surface area contributed by atoms with Crippen molar-refractivity contribution < 1.29 is 38.3 Å². The Bertz CT molecular complexity index is 2620. The van der Waals surface area contributed by atoms with Gasteiger partial charge < -0.3 is 4.74 Å². The fraction of sp³-hybridized carbons (Fsp3) is 0.0976. The van der Waals surface area contributed by atoms with Crippen LogP contribution in [0.5, 0.6) is 0 Å². The van der Waals surface area contributed by atoms with Gasteiger partial charge in [-0.1, -0.05) is 42.5 Å². The van der Waals surface area contributed by atoms with Crippen molar-refractivity contribution in [2.75, 3.05) is 18.1 Å². The summed E-state index contributed by atoms with van der Waals surface area (Å²) >= 11 is 0. The number of anilines is 1. The van der Waals surface area contributed by atoms with Gasteiger partial charge in [-0.2, -0.15) is 0 Å². The molecule has 12 nitrogen and oxygen atoms in total. The highest BCUT2D eigenvalue weighted by molar-refractivity contribution is 6.36. The number of ether oxygens (including phenoxy) is 1. The number of fused-ring (bicyclic) bond motifs is 3. The Labute approximate surface area is 299 Å². The average Bonchev–Trinajstić information content (AvgIpc) is 3.59. The van der Waals surface area contributed by atoms with Gasteiger partial charge in [-0.25, -0.2) is 14.7 Å². The van der Waals surface area contributed by atoms with E-state index in [4.69, 9.17) is 4.74 Å². The molecule has 9 rings (SSSR count). The molecule has 3 aliphatic rings. The van der Waals surface area contributed by atoms with E-state index in [0.29, 0.717) is 21.9 Å². The molecule has 4 amide bonds. The molecule has 6 aromatic rings. The number of para-hydroxylation sites is 1. The van der Waals surface area contributed by atoms with Gasteiger partial charge in [0.15, 0.2) is 11.6 Å². The van der Waals surface area contributed by atoms with Crippen LogP contribution in [0.4, 0.5) is 5.69 Å². The first-order valence-corrected chi connectivity index (χ1v) is 16.7. The van der Waals surface area contributed by atoms with Gasteiger partial charge in [0.1, 0.15) is 5.92 Å². The SMILES string of the molecule is O=C(OCCCN1C(=O)c2cccc3cccc(c23)C1=O)c1ccc2c(c1)C(=O)C(c1ccc3cccc(N4C(=O)c5ccncc5C4=O)c3n1)C2=O. The van der Waals surface area contributed by atoms with Crippen molar-refractivity contribution in [3.63, 3.8) is 0 Å². The Hall–Kier alpha value is -7.21. The number of pyridine rings is 2. The van der Waals surface area contributed by atoms with E-state index in [0.717, 1.165) is 15.2 Å². The van der Waals surface area contributed by atoms with E-state index in [-0.39, 0.29) is 64.3 Å². The quantitative estimate of drug-likeness (QED) is 0.0889. The van der Waals surface area contributed by atoms with Gasteiger partial charge in [0.25, 0.3) is 23.6 Å². The number of imide groups is 2. The number of esters is 1. The largest absolute Gasteiger partial charge is 0.462 e. The van der Waals surface area contributed by atoms with Gasteiger partial charge >= 0.3 is 5.97 Å². The molecule has 0 fully saturated rings. The molecule has 2 aliphatic heterocycles. The van der Waals surface area contributed by atoms with E-state index >= 15 is 0 Å². The molecule has 0 saturated carbocycles. The first-order valence-electron chi connectivity index (χ1n) is 16.7. The van der Waals surface area contributed by atoms with Crippen LogP contribution < -0.4 is 4.90 Å². The summed E-state index contributed by atoms with van der Waals surface area (Å²) in [5, 5.41) is 2.01. The van der Waals surface area contributed by atoms with Gasteiger partial charge in [-0.3, -0.25) is 38.7 Å². The number of benzene rings is 4. The summed E-state index contributed by atoms with van der Waals surface area (Å²) in [4.78, 5) is 104. The van der Waals surface area contributed by atoms with Crippen molar-refractivity contribution in [3.8, 4) is 0 Å². The number of amides is 4. The second-order valence-corrected chi connectivity index (χ2v) is 12.8. The van der Waals surface area contributed by atoms with Crippen molar-refractivity contribution in [1.29, 1.82) is 0 Å². The van der Waals surface area contributed by atoms with E-state index in [9.17, 15) is 33.6 Å². The van der Waals surface area contributed by atoms with E-state index < -0.39 is 47.1 Å². The van der Waals surface area contributed by atoms with Crippen LogP contribution in [0.1, 0.15) is 90.5 Å². The van der Waals surface area contributed by atoms with Crippen LogP contribution in [0.3, 0.4) is 0 Å². The first-order chi connectivity index (χ1) is 25.7. The minimum atomic E-state index is -1.31. The van der Waals surface area contributed by atoms with Crippen molar-refractivity contribution in [2.45, 2.75) is 12.3 Å². The van der Waals surface area contributed by atoms with Crippen molar-refractivity contribution in [3.05, 3.63) is 148 Å². The lowest BCUT2D eigenvalue weighted by Crippen LogP contribution is -2.41. The lowest BCUT2D eigenvalue weighted by atomic mass is 9.94. The number of aromatic nitrogens is 2. The lowest BCUT2D eigenvalue weighted by Gasteiger charge is -2.27. The summed E-state index contributed by atoms with van der Waals surface area (Å²) in [6, 6.07) is 24.4. The number of rotatable bonds is 7. The number of carbonyl (C=O) groups is 7. The van der Waals surface area contributed by atoms with Crippen LogP contribution in [-0.2, 0) is 4.74 Å². The topological polar surface area (TPSA) is 161 Å². The van der Waals surface area contributed by atoms with Crippen LogP contribution >= 0.6 is 0 Å². The zero-order valence-corrected chi connectivity index (χ0v) is 27.6. The molecule has 1 unspecified atom stereocenters. The maximum Gasteiger partial charge on any atom is 0.338 e. The number of Topliss-reactive ketones (excluding diaryl/α,β-unsaturated/α-hetero) is 2. The molecule has 0 radical (unpaired) electrons. The number of hydrogen-bond acceptors (Lipinski definition) is 10. The van der Waals surface area contributed by atoms with Gasteiger partial charge in [0.2, 0.25) is 0 Å². The fourth-order valence-corrected chi connectivity index (χ4v) is 7.33. The van der Waals surface area contributed by atoms with Crippen molar-refractivity contribution in [1.82, 2.24) is 14.9 Å². The molecule has 53 heavy (non-hydrogen) atoms. The summed E-state index contributed by atoms with van der Waals surface area (Å²) < 4.78 is 5.44. The highest BCUT2D eigenvalue weighted by atomic mass is 16.5. The van der Waals surface area contributed by atoms with Crippen LogP contribution in [0, 0.1) is 0 Å². The molecule has 12 heteroatoms. The molecule has 0 bridgehead atoms. The van der Waals surface area contributed by atoms with Gasteiger partial charge in [0.05, 0.1) is 40.2 Å². The number of ketones is 2. The second kappa shape index (κ2) is 11.9. The van der Waals surface area contributed by atoms with E-state index in [1.165, 1.54) is 36.7 Å². The van der Waals surface area contributed by atoms with Crippen LogP contribution in [-0.4, -0.2) is 69.2 Å². The predicted molar refractivity (Wildman–Crippen MR) is 189 cm³/mol. The summed E-state index contributed by atoms with van der Waals surface area (Å²) in [5.74, 6) is -5.05. The minimum absolute atomic E-state index is 0.0270. The van der Waals surface area contributed by atoms with Crippen LogP contribution in [0.15, 0.2) is 103 Å². The predicted octanol–water partition coefficient (Wildman–Crippen LogP) is 5.59. The zero-order chi connectivity index (χ0) is 36.5. The molecule has 1 atom stereocenters. The Balaban J connectivity index is 0.908. The summed E-state index contributed by atoms with van der Waals surface area (Å²) in [6.45, 7) is -0.0828. The van der Waals surface area contributed by atoms with Crippen LogP contribution in [0.25, 0.3) is 21.7 Å². The lowest BCUT2D eigenvalue weighted by molar-refractivity contribution is 0.0475. The van der Waals surface area contributed by atoms with E-state index in [2.05, 4.69) is 9.97 Å². The minimum Gasteiger partial charge on any atom is -0.462 e. The smallest absolute Gasteiger partial charge is 0.338 e. The van der Waals surface area contributed by atoms with Crippen molar-refractivity contribution >= 4 is 68.5 Å². The summed E-state index contributed by atoms with van der Waals surface area (Å²) in [5.41, 5.74) is 2.02. The average molecular weight is 701 g/mol. The second-order valence-electron chi connectivity index (χ2n) is 12.8. The Morgan fingerprint density at radius 3 is 2.11 bits per heavy atom. The number of hydrogen-bond donors (Lipinski definition) is 0. The molecule has 2 aromatic heterocycles. The third-order valence-corrected chi connectivity index (χ3v) is 9.87. The molecule has 0 spiro atoms. The van der Waals surface area contributed by atoms with E-state index in [1.54, 1.807) is 54.6 Å². The highest BCUT2D eigenvalue weighted by Gasteiger charge is 2.42. The normalized spacial score (nSPS) is 16.2. The molecule has 256 valence electrons. The Morgan fingerprint density at radius 2 is 1.36 bits per heavy atom. The summed E-state index contributed by atoms with van der Waals surface area (Å²) in [7, 11) is 0. The first kappa shape index (κ1) is 31.7. The number of carbonyl (C=O) groups excluding carboxylic acids is 7. The third-order valence-electron chi connectivity index (χ3n) is 9.87. The Kier molecular flexibility index (Phi) is 7.16. The molecule has 4 aromatic carbocycles. The van der Waals surface area contributed by atoms with Crippen LogP contribution in [0.2, 0.25) is 0 Å². The van der Waals surface area contributed by atoms with Gasteiger partial charge in [-0.15, -0.1) is 0 Å². The Morgan fingerprint density at radius 1 is 0.660 bits per heavy atom. The van der Waals surface area contributed by atoms with E-state index in [1.807, 2.05) is 12.1 Å². The molecule has 0 saturated heterocycles. The maximum atomic E-state index is 13.8. The standard InChI is InChI=1S/C41H24N4O8/c46-35-24-13-11-23(41(52)53-18-4-17-44-37(48)26-8-1-5-21-6-2-9-27(32(21)26)38(44)49)19-28(24)36(47)33(35)30-14-12-22-7-3-10-31(34(22)43-30)45-39(50)25-15-16-42-20-29(25)40(45)51/h1-3,5-16,19-20,33H,4,17-18H2.